The molecule has 2 aromatic carbocycles. The molecule has 0 aliphatic carbocycles. The molecule has 3 nitrogen and oxygen atoms in total. The number of H-pyrrole nitrogens is 1. The number of anilines is 1. The van der Waals surface area contributed by atoms with Crippen molar-refractivity contribution < 1.29 is 4.79 Å². The Bertz CT molecular complexity index is 823. The number of benzene rings is 2. The van der Waals surface area contributed by atoms with Gasteiger partial charge in [0.1, 0.15) is 0 Å². The zero-order chi connectivity index (χ0) is 16.4. The first-order chi connectivity index (χ1) is 10.9. The van der Waals surface area contributed by atoms with E-state index in [0.717, 1.165) is 22.2 Å². The van der Waals surface area contributed by atoms with Gasteiger partial charge in [0.2, 0.25) is 5.91 Å². The van der Waals surface area contributed by atoms with E-state index in [0.29, 0.717) is 6.42 Å². The number of fused-ring (bicyclic) bond motifs is 1. The van der Waals surface area contributed by atoms with Gasteiger partial charge in [0.05, 0.1) is 6.42 Å². The molecule has 23 heavy (non-hydrogen) atoms. The Morgan fingerprint density at radius 2 is 1.78 bits per heavy atom. The van der Waals surface area contributed by atoms with Crippen LogP contribution in [0.25, 0.3) is 10.9 Å². The molecule has 0 fully saturated rings. The van der Waals surface area contributed by atoms with Gasteiger partial charge in [-0.05, 0) is 46.2 Å². The Labute approximate surface area is 136 Å². The molecule has 2 N–H and O–H groups in total. The Morgan fingerprint density at radius 3 is 2.48 bits per heavy atom. The van der Waals surface area contributed by atoms with E-state index < -0.39 is 0 Å². The van der Waals surface area contributed by atoms with Crippen molar-refractivity contribution in [2.45, 2.75) is 32.6 Å². The van der Waals surface area contributed by atoms with Crippen molar-refractivity contribution in [3.63, 3.8) is 0 Å². The standard InChI is InChI=1S/C20H22N2O/c1-20(2,3)16-6-8-17(9-7-16)22-19(23)13-14-4-5-15-10-11-21-18(15)12-14/h4-12,21H,13H2,1-3H3,(H,22,23). The summed E-state index contributed by atoms with van der Waals surface area (Å²) < 4.78 is 0. The number of carbonyl (C=O) groups is 1. The van der Waals surface area contributed by atoms with Gasteiger partial charge in [-0.25, -0.2) is 0 Å². The summed E-state index contributed by atoms with van der Waals surface area (Å²) >= 11 is 0. The van der Waals surface area contributed by atoms with Crippen molar-refractivity contribution in [2.75, 3.05) is 5.32 Å². The first-order valence-electron chi connectivity index (χ1n) is 7.88. The largest absolute Gasteiger partial charge is 0.361 e. The lowest BCUT2D eigenvalue weighted by molar-refractivity contribution is -0.115. The number of hydrogen-bond acceptors (Lipinski definition) is 1. The molecule has 0 saturated carbocycles. The van der Waals surface area contributed by atoms with Crippen molar-refractivity contribution in [3.8, 4) is 0 Å². The fraction of sp³-hybridized carbons (Fsp3) is 0.250. The van der Waals surface area contributed by atoms with Gasteiger partial charge < -0.3 is 10.3 Å². The van der Waals surface area contributed by atoms with E-state index >= 15 is 0 Å². The number of aromatic nitrogens is 1. The van der Waals surface area contributed by atoms with Crippen molar-refractivity contribution >= 4 is 22.5 Å². The van der Waals surface area contributed by atoms with Crippen molar-refractivity contribution in [1.82, 2.24) is 4.98 Å². The summed E-state index contributed by atoms with van der Waals surface area (Å²) in [6.07, 6.45) is 2.28. The lowest BCUT2D eigenvalue weighted by Gasteiger charge is -2.19. The topological polar surface area (TPSA) is 44.9 Å². The molecule has 0 aliphatic rings. The maximum atomic E-state index is 12.2. The minimum Gasteiger partial charge on any atom is -0.361 e. The predicted molar refractivity (Wildman–Crippen MR) is 95.8 cm³/mol. The highest BCUT2D eigenvalue weighted by molar-refractivity contribution is 5.93. The second-order valence-corrected chi connectivity index (χ2v) is 6.95. The van der Waals surface area contributed by atoms with Crippen LogP contribution < -0.4 is 5.32 Å². The molecule has 3 aromatic rings. The van der Waals surface area contributed by atoms with Crippen LogP contribution in [0.4, 0.5) is 5.69 Å². The second-order valence-electron chi connectivity index (χ2n) is 6.95. The van der Waals surface area contributed by atoms with Gasteiger partial charge in [-0.3, -0.25) is 4.79 Å². The number of hydrogen-bond donors (Lipinski definition) is 2. The van der Waals surface area contributed by atoms with E-state index in [1.165, 1.54) is 5.56 Å². The van der Waals surface area contributed by atoms with E-state index in [1.54, 1.807) is 0 Å². The van der Waals surface area contributed by atoms with Crippen LogP contribution in [-0.4, -0.2) is 10.9 Å². The summed E-state index contributed by atoms with van der Waals surface area (Å²) in [5.41, 5.74) is 4.28. The summed E-state index contributed by atoms with van der Waals surface area (Å²) in [6.45, 7) is 6.53. The molecule has 0 saturated heterocycles. The van der Waals surface area contributed by atoms with Gasteiger partial charge in [-0.15, -0.1) is 0 Å². The van der Waals surface area contributed by atoms with Crippen molar-refractivity contribution in [3.05, 3.63) is 65.9 Å². The Morgan fingerprint density at radius 1 is 1.04 bits per heavy atom. The first-order valence-corrected chi connectivity index (χ1v) is 7.88. The molecule has 3 heteroatoms. The smallest absolute Gasteiger partial charge is 0.228 e. The van der Waals surface area contributed by atoms with E-state index in [9.17, 15) is 4.79 Å². The fourth-order valence-corrected chi connectivity index (χ4v) is 2.65. The molecule has 0 aliphatic heterocycles. The zero-order valence-corrected chi connectivity index (χ0v) is 13.8. The summed E-state index contributed by atoms with van der Waals surface area (Å²) in [5.74, 6) is -0.000542. The molecular weight excluding hydrogens is 284 g/mol. The average Bonchev–Trinajstić information content (AvgIpc) is 2.94. The number of rotatable bonds is 3. The molecule has 1 heterocycles. The van der Waals surface area contributed by atoms with Crippen molar-refractivity contribution in [1.29, 1.82) is 0 Å². The average molecular weight is 306 g/mol. The molecular formula is C20H22N2O. The second kappa shape index (κ2) is 5.92. The monoisotopic (exact) mass is 306 g/mol. The SMILES string of the molecule is CC(C)(C)c1ccc(NC(=O)Cc2ccc3cc[nH]c3c2)cc1. The van der Waals surface area contributed by atoms with Crippen LogP contribution in [0.5, 0.6) is 0 Å². The molecule has 0 atom stereocenters. The van der Waals surface area contributed by atoms with Crippen LogP contribution in [0.2, 0.25) is 0 Å². The third-order valence-corrected chi connectivity index (χ3v) is 4.02. The highest BCUT2D eigenvalue weighted by Gasteiger charge is 2.13. The van der Waals surface area contributed by atoms with Crippen LogP contribution in [-0.2, 0) is 16.6 Å². The van der Waals surface area contributed by atoms with E-state index in [2.05, 4.69) is 43.2 Å². The molecule has 0 radical (unpaired) electrons. The molecule has 3 rings (SSSR count). The molecule has 118 valence electrons. The zero-order valence-electron chi connectivity index (χ0n) is 13.8. The minimum atomic E-state index is -0.000542. The highest BCUT2D eigenvalue weighted by atomic mass is 16.1. The van der Waals surface area contributed by atoms with Crippen LogP contribution >= 0.6 is 0 Å². The fourth-order valence-electron chi connectivity index (χ4n) is 2.65. The third-order valence-electron chi connectivity index (χ3n) is 4.02. The van der Waals surface area contributed by atoms with Crippen LogP contribution in [0.15, 0.2) is 54.7 Å². The van der Waals surface area contributed by atoms with Crippen molar-refractivity contribution in [2.24, 2.45) is 0 Å². The Hall–Kier alpha value is -2.55. The van der Waals surface area contributed by atoms with Gasteiger partial charge in [0.25, 0.3) is 0 Å². The minimum absolute atomic E-state index is 0.000542. The summed E-state index contributed by atoms with van der Waals surface area (Å²) in [6, 6.07) is 16.2. The molecule has 0 bridgehead atoms. The third kappa shape index (κ3) is 3.62. The van der Waals surface area contributed by atoms with E-state index in [1.807, 2.05) is 42.6 Å². The predicted octanol–water partition coefficient (Wildman–Crippen LogP) is 4.65. The molecule has 1 aromatic heterocycles. The Balaban J connectivity index is 1.66. The van der Waals surface area contributed by atoms with Gasteiger partial charge >= 0.3 is 0 Å². The normalized spacial score (nSPS) is 11.6. The number of carbonyl (C=O) groups excluding carboxylic acids is 1. The quantitative estimate of drug-likeness (QED) is 0.727. The summed E-state index contributed by atoms with van der Waals surface area (Å²) in [4.78, 5) is 15.4. The lowest BCUT2D eigenvalue weighted by Crippen LogP contribution is -2.15. The summed E-state index contributed by atoms with van der Waals surface area (Å²) in [7, 11) is 0. The molecule has 0 spiro atoms. The van der Waals surface area contributed by atoms with Gasteiger partial charge in [-0.1, -0.05) is 45.0 Å². The van der Waals surface area contributed by atoms with Crippen LogP contribution in [0.1, 0.15) is 31.9 Å². The van der Waals surface area contributed by atoms with Crippen LogP contribution in [0, 0.1) is 0 Å². The maximum Gasteiger partial charge on any atom is 0.228 e. The highest BCUT2D eigenvalue weighted by Crippen LogP contribution is 2.23. The van der Waals surface area contributed by atoms with E-state index in [4.69, 9.17) is 0 Å². The lowest BCUT2D eigenvalue weighted by atomic mass is 9.87. The maximum absolute atomic E-state index is 12.2. The number of aromatic amines is 1. The summed E-state index contributed by atoms with van der Waals surface area (Å²) in [5, 5.41) is 4.12. The van der Waals surface area contributed by atoms with Gasteiger partial charge in [-0.2, -0.15) is 0 Å². The first kappa shape index (κ1) is 15.3. The van der Waals surface area contributed by atoms with E-state index in [-0.39, 0.29) is 11.3 Å². The van der Waals surface area contributed by atoms with Crippen LogP contribution in [0.3, 0.4) is 0 Å². The Kier molecular flexibility index (Phi) is 3.95. The number of amides is 1. The number of nitrogens with one attached hydrogen (secondary N) is 2. The molecule has 1 amide bonds. The van der Waals surface area contributed by atoms with Gasteiger partial charge in [0, 0.05) is 17.4 Å². The van der Waals surface area contributed by atoms with Gasteiger partial charge in [0.15, 0.2) is 0 Å². The molecule has 0 unspecified atom stereocenters.